The first-order valence-corrected chi connectivity index (χ1v) is 7.16. The van der Waals surface area contributed by atoms with E-state index in [0.29, 0.717) is 18.3 Å². The minimum atomic E-state index is -0.271. The Morgan fingerprint density at radius 3 is 3.05 bits per heavy atom. The summed E-state index contributed by atoms with van der Waals surface area (Å²) >= 11 is 0. The molecule has 0 unspecified atom stereocenters. The lowest BCUT2D eigenvalue weighted by Crippen LogP contribution is -2.47. The highest BCUT2D eigenvalue weighted by Gasteiger charge is 2.22. The van der Waals surface area contributed by atoms with Gasteiger partial charge in [-0.15, -0.1) is 0 Å². The molecular formula is C15H18N4O3. The van der Waals surface area contributed by atoms with Gasteiger partial charge in [-0.2, -0.15) is 4.98 Å². The van der Waals surface area contributed by atoms with E-state index in [1.165, 1.54) is 0 Å². The molecule has 116 valence electrons. The van der Waals surface area contributed by atoms with Crippen molar-refractivity contribution >= 4 is 6.03 Å². The molecule has 3 rings (SSSR count). The number of benzene rings is 1. The van der Waals surface area contributed by atoms with Crippen molar-refractivity contribution in [2.24, 2.45) is 0 Å². The van der Waals surface area contributed by atoms with Crippen LogP contribution in [0.15, 0.2) is 22.7 Å². The number of nitrogens with zero attached hydrogens (tertiary/aromatic N) is 2. The molecule has 0 saturated heterocycles. The van der Waals surface area contributed by atoms with Gasteiger partial charge in [0.1, 0.15) is 12.4 Å². The van der Waals surface area contributed by atoms with Gasteiger partial charge < -0.3 is 19.9 Å². The third-order valence-corrected chi connectivity index (χ3v) is 3.50. The summed E-state index contributed by atoms with van der Waals surface area (Å²) in [6.45, 7) is 4.42. The number of aryl methyl sites for hydroxylation is 2. The Morgan fingerprint density at radius 2 is 2.27 bits per heavy atom. The van der Waals surface area contributed by atoms with E-state index in [1.807, 2.05) is 25.1 Å². The van der Waals surface area contributed by atoms with Crippen molar-refractivity contribution in [1.82, 2.24) is 20.8 Å². The van der Waals surface area contributed by atoms with Crippen molar-refractivity contribution in [1.29, 1.82) is 0 Å². The van der Waals surface area contributed by atoms with Gasteiger partial charge in [-0.25, -0.2) is 4.79 Å². The van der Waals surface area contributed by atoms with Crippen molar-refractivity contribution in [3.8, 4) is 5.75 Å². The summed E-state index contributed by atoms with van der Waals surface area (Å²) in [5.41, 5.74) is 2.23. The molecule has 2 aromatic rings. The van der Waals surface area contributed by atoms with E-state index in [1.54, 1.807) is 6.92 Å². The standard InChI is InChI=1S/C15H18N4O3/c1-9-4-3-5-11-6-12(8-21-14(9)11)18-15(20)16-7-13-17-10(2)22-19-13/h3-5,12H,6-8H2,1-2H3,(H2,16,18,20)/t12-/m1/s1. The van der Waals surface area contributed by atoms with E-state index in [4.69, 9.17) is 9.26 Å². The van der Waals surface area contributed by atoms with Crippen LogP contribution in [0, 0.1) is 13.8 Å². The first-order chi connectivity index (χ1) is 10.6. The predicted octanol–water partition coefficient (Wildman–Crippen LogP) is 1.49. The SMILES string of the molecule is Cc1nc(CNC(=O)N[C@H]2COc3c(C)cccc3C2)no1. The van der Waals surface area contributed by atoms with E-state index < -0.39 is 0 Å². The van der Waals surface area contributed by atoms with Gasteiger partial charge in [0.15, 0.2) is 5.82 Å². The molecule has 0 radical (unpaired) electrons. The fraction of sp³-hybridized carbons (Fsp3) is 0.400. The second-order valence-electron chi connectivity index (χ2n) is 5.33. The number of urea groups is 1. The average Bonchev–Trinajstić information content (AvgIpc) is 2.91. The highest BCUT2D eigenvalue weighted by Crippen LogP contribution is 2.28. The Morgan fingerprint density at radius 1 is 1.41 bits per heavy atom. The second kappa shape index (κ2) is 6.05. The van der Waals surface area contributed by atoms with Gasteiger partial charge in [0.05, 0.1) is 12.6 Å². The van der Waals surface area contributed by atoms with E-state index in [2.05, 4.69) is 20.8 Å². The highest BCUT2D eigenvalue weighted by molar-refractivity contribution is 5.74. The van der Waals surface area contributed by atoms with Crippen molar-refractivity contribution in [3.05, 3.63) is 41.0 Å². The lowest BCUT2D eigenvalue weighted by molar-refractivity contribution is 0.213. The molecule has 1 aliphatic heterocycles. The van der Waals surface area contributed by atoms with E-state index in [0.717, 1.165) is 23.3 Å². The largest absolute Gasteiger partial charge is 0.491 e. The molecule has 2 N–H and O–H groups in total. The minimum absolute atomic E-state index is 0.0543. The van der Waals surface area contributed by atoms with Crippen LogP contribution in [0.5, 0.6) is 5.75 Å². The number of nitrogens with one attached hydrogen (secondary N) is 2. The fourth-order valence-corrected chi connectivity index (χ4v) is 2.49. The molecular weight excluding hydrogens is 284 g/mol. The summed E-state index contributed by atoms with van der Waals surface area (Å²) in [7, 11) is 0. The molecule has 0 aliphatic carbocycles. The molecule has 1 aromatic heterocycles. The lowest BCUT2D eigenvalue weighted by atomic mass is 10.0. The molecule has 2 heterocycles. The Balaban J connectivity index is 1.52. The molecule has 1 aliphatic rings. The summed E-state index contributed by atoms with van der Waals surface area (Å²) in [5.74, 6) is 1.86. The van der Waals surface area contributed by atoms with Crippen LogP contribution in [0.25, 0.3) is 0 Å². The van der Waals surface area contributed by atoms with Gasteiger partial charge in [0.2, 0.25) is 5.89 Å². The molecule has 0 saturated carbocycles. The normalized spacial score (nSPS) is 16.5. The number of carbonyl (C=O) groups excluding carboxylic acids is 1. The average molecular weight is 302 g/mol. The lowest BCUT2D eigenvalue weighted by Gasteiger charge is -2.27. The van der Waals surface area contributed by atoms with Crippen LogP contribution in [0.3, 0.4) is 0 Å². The number of amides is 2. The number of carbonyl (C=O) groups is 1. The minimum Gasteiger partial charge on any atom is -0.491 e. The van der Waals surface area contributed by atoms with Gasteiger partial charge in [-0.3, -0.25) is 0 Å². The van der Waals surface area contributed by atoms with Crippen LogP contribution in [0.1, 0.15) is 22.8 Å². The van der Waals surface area contributed by atoms with Crippen molar-refractivity contribution < 1.29 is 14.1 Å². The molecule has 0 bridgehead atoms. The second-order valence-corrected chi connectivity index (χ2v) is 5.33. The molecule has 1 aromatic carbocycles. The number of hydrogen-bond donors (Lipinski definition) is 2. The zero-order valence-corrected chi connectivity index (χ0v) is 12.5. The Labute approximate surface area is 128 Å². The molecule has 1 atom stereocenters. The molecule has 0 spiro atoms. The quantitative estimate of drug-likeness (QED) is 0.896. The Kier molecular flexibility index (Phi) is 3.95. The number of para-hydroxylation sites is 1. The van der Waals surface area contributed by atoms with Gasteiger partial charge in [-0.1, -0.05) is 23.4 Å². The molecule has 2 amide bonds. The monoisotopic (exact) mass is 302 g/mol. The number of ether oxygens (including phenoxy) is 1. The number of aromatic nitrogens is 2. The molecule has 0 fully saturated rings. The van der Waals surface area contributed by atoms with Crippen molar-refractivity contribution in [2.75, 3.05) is 6.61 Å². The summed E-state index contributed by atoms with van der Waals surface area (Å²) in [6.07, 6.45) is 0.756. The smallest absolute Gasteiger partial charge is 0.315 e. The van der Waals surface area contributed by atoms with Crippen LogP contribution in [0.4, 0.5) is 4.79 Å². The third kappa shape index (κ3) is 3.19. The maximum atomic E-state index is 11.9. The Bertz CT molecular complexity index is 683. The predicted molar refractivity (Wildman–Crippen MR) is 78.6 cm³/mol. The highest BCUT2D eigenvalue weighted by atomic mass is 16.5. The number of rotatable bonds is 3. The number of fused-ring (bicyclic) bond motifs is 1. The maximum Gasteiger partial charge on any atom is 0.315 e. The van der Waals surface area contributed by atoms with Crippen LogP contribution >= 0.6 is 0 Å². The van der Waals surface area contributed by atoms with Gasteiger partial charge in [0.25, 0.3) is 0 Å². The maximum absolute atomic E-state index is 11.9. The fourth-order valence-electron chi connectivity index (χ4n) is 2.49. The van der Waals surface area contributed by atoms with Crippen LogP contribution in [-0.2, 0) is 13.0 Å². The molecule has 7 nitrogen and oxygen atoms in total. The van der Waals surface area contributed by atoms with Gasteiger partial charge in [-0.05, 0) is 24.5 Å². The van der Waals surface area contributed by atoms with Gasteiger partial charge >= 0.3 is 6.03 Å². The van der Waals surface area contributed by atoms with E-state index >= 15 is 0 Å². The summed E-state index contributed by atoms with van der Waals surface area (Å²) in [4.78, 5) is 15.9. The van der Waals surface area contributed by atoms with E-state index in [-0.39, 0.29) is 18.6 Å². The van der Waals surface area contributed by atoms with Gasteiger partial charge in [0, 0.05) is 6.92 Å². The third-order valence-electron chi connectivity index (χ3n) is 3.50. The Hall–Kier alpha value is -2.57. The first kappa shape index (κ1) is 14.4. The first-order valence-electron chi connectivity index (χ1n) is 7.16. The number of hydrogen-bond acceptors (Lipinski definition) is 5. The van der Waals surface area contributed by atoms with Crippen molar-refractivity contribution in [3.63, 3.8) is 0 Å². The van der Waals surface area contributed by atoms with Crippen LogP contribution < -0.4 is 15.4 Å². The zero-order valence-electron chi connectivity index (χ0n) is 12.5. The van der Waals surface area contributed by atoms with Crippen LogP contribution in [0.2, 0.25) is 0 Å². The molecule has 7 heteroatoms. The van der Waals surface area contributed by atoms with Crippen LogP contribution in [-0.4, -0.2) is 28.8 Å². The summed E-state index contributed by atoms with van der Waals surface area (Å²) in [5, 5.41) is 9.32. The topological polar surface area (TPSA) is 89.3 Å². The summed E-state index contributed by atoms with van der Waals surface area (Å²) < 4.78 is 10.6. The van der Waals surface area contributed by atoms with E-state index in [9.17, 15) is 4.79 Å². The zero-order chi connectivity index (χ0) is 15.5. The van der Waals surface area contributed by atoms with Crippen molar-refractivity contribution in [2.45, 2.75) is 32.9 Å². The summed E-state index contributed by atoms with van der Waals surface area (Å²) in [6, 6.07) is 5.72. The molecule has 22 heavy (non-hydrogen) atoms.